The van der Waals surface area contributed by atoms with Crippen molar-refractivity contribution in [2.75, 3.05) is 0 Å². The molecule has 0 atom stereocenters. The average Bonchev–Trinajstić information content (AvgIpc) is 2.56. The van der Waals surface area contributed by atoms with Crippen LogP contribution in [0.5, 0.6) is 11.5 Å². The molecule has 18 heavy (non-hydrogen) atoms. The van der Waals surface area contributed by atoms with Gasteiger partial charge in [0.05, 0.1) is 5.69 Å². The molecule has 0 radical (unpaired) electrons. The Hall–Kier alpha value is -1.29. The van der Waals surface area contributed by atoms with Crippen LogP contribution in [0.15, 0.2) is 18.2 Å². The third-order valence-electron chi connectivity index (χ3n) is 3.12. The number of hydrogen-bond acceptors (Lipinski definition) is 2. The molecule has 0 aliphatic carbocycles. The summed E-state index contributed by atoms with van der Waals surface area (Å²) < 4.78 is 7.78. The van der Waals surface area contributed by atoms with E-state index in [9.17, 15) is 0 Å². The Morgan fingerprint density at radius 1 is 1.28 bits per heavy atom. The average molecular weight is 309 g/mol. The molecule has 0 spiro atoms. The molecule has 0 bridgehead atoms. The molecule has 0 aliphatic heterocycles. The zero-order valence-corrected chi connectivity index (χ0v) is 12.7. The van der Waals surface area contributed by atoms with Gasteiger partial charge >= 0.3 is 0 Å². The van der Waals surface area contributed by atoms with Crippen LogP contribution in [0.1, 0.15) is 22.5 Å². The number of aromatic nitrogens is 2. The van der Waals surface area contributed by atoms with E-state index < -0.39 is 0 Å². The minimum atomic E-state index is 0.850. The molecule has 2 rings (SSSR count). The van der Waals surface area contributed by atoms with Gasteiger partial charge in [-0.25, -0.2) is 0 Å². The molecule has 1 aromatic heterocycles. The van der Waals surface area contributed by atoms with E-state index in [0.717, 1.165) is 28.2 Å². The summed E-state index contributed by atoms with van der Waals surface area (Å²) in [6, 6.07) is 6.14. The molecule has 2 aromatic rings. The summed E-state index contributed by atoms with van der Waals surface area (Å²) in [6.45, 7) is 6.06. The molecule has 0 saturated heterocycles. The maximum Gasteiger partial charge on any atom is 0.171 e. The summed E-state index contributed by atoms with van der Waals surface area (Å²) in [7, 11) is 1.92. The van der Waals surface area contributed by atoms with Crippen LogP contribution < -0.4 is 4.74 Å². The lowest BCUT2D eigenvalue weighted by molar-refractivity contribution is 0.473. The van der Waals surface area contributed by atoms with Crippen LogP contribution in [0, 0.1) is 20.8 Å². The first-order valence-electron chi connectivity index (χ1n) is 5.86. The van der Waals surface area contributed by atoms with E-state index in [1.807, 2.05) is 31.6 Å². The normalized spacial score (nSPS) is 10.7. The quantitative estimate of drug-likeness (QED) is 0.800. The van der Waals surface area contributed by atoms with Crippen LogP contribution in [0.4, 0.5) is 0 Å². The van der Waals surface area contributed by atoms with Crippen LogP contribution in [0.3, 0.4) is 0 Å². The molecule has 0 amide bonds. The van der Waals surface area contributed by atoms with Crippen LogP contribution in [-0.4, -0.2) is 9.78 Å². The highest BCUT2D eigenvalue weighted by Gasteiger charge is 2.12. The minimum absolute atomic E-state index is 0.850. The van der Waals surface area contributed by atoms with Crippen molar-refractivity contribution in [2.45, 2.75) is 26.1 Å². The molecule has 1 aromatic carbocycles. The predicted molar refractivity (Wildman–Crippen MR) is 76.6 cm³/mol. The monoisotopic (exact) mass is 308 g/mol. The molecule has 3 nitrogen and oxygen atoms in total. The van der Waals surface area contributed by atoms with Crippen molar-refractivity contribution in [3.8, 4) is 11.5 Å². The fourth-order valence-electron chi connectivity index (χ4n) is 1.90. The van der Waals surface area contributed by atoms with Gasteiger partial charge in [-0.05, 0) is 44.0 Å². The Bertz CT molecular complexity index is 575. The van der Waals surface area contributed by atoms with Crippen LogP contribution in [0.25, 0.3) is 0 Å². The highest BCUT2D eigenvalue weighted by molar-refractivity contribution is 9.08. The number of ether oxygens (including phenoxy) is 1. The smallest absolute Gasteiger partial charge is 0.171 e. The number of benzene rings is 1. The van der Waals surface area contributed by atoms with Crippen LogP contribution in [0.2, 0.25) is 0 Å². The Morgan fingerprint density at radius 3 is 2.50 bits per heavy atom. The summed E-state index contributed by atoms with van der Waals surface area (Å²) in [6.07, 6.45) is 0. The summed E-state index contributed by atoms with van der Waals surface area (Å²) in [5, 5.41) is 5.21. The molecule has 0 unspecified atom stereocenters. The van der Waals surface area contributed by atoms with Crippen molar-refractivity contribution in [1.82, 2.24) is 9.78 Å². The fraction of sp³-hybridized carbons (Fsp3) is 0.357. The zero-order chi connectivity index (χ0) is 13.3. The topological polar surface area (TPSA) is 27.1 Å². The third kappa shape index (κ3) is 2.43. The highest BCUT2D eigenvalue weighted by atomic mass is 79.9. The molecule has 1 heterocycles. The third-order valence-corrected chi connectivity index (χ3v) is 3.72. The van der Waals surface area contributed by atoms with Gasteiger partial charge in [0.25, 0.3) is 0 Å². The number of hydrogen-bond donors (Lipinski definition) is 0. The number of alkyl halides is 1. The number of aryl methyl sites for hydroxylation is 3. The second-order valence-corrected chi connectivity index (χ2v) is 5.01. The Balaban J connectivity index is 2.31. The SMILES string of the molecule is Cc1cc(Oc2c(C)nn(C)c2C)ccc1CBr. The maximum absolute atomic E-state index is 5.94. The van der Waals surface area contributed by atoms with Gasteiger partial charge in [0.1, 0.15) is 11.4 Å². The predicted octanol–water partition coefficient (Wildman–Crippen LogP) is 4.03. The van der Waals surface area contributed by atoms with Crippen molar-refractivity contribution in [1.29, 1.82) is 0 Å². The summed E-state index contributed by atoms with van der Waals surface area (Å²) >= 11 is 3.47. The van der Waals surface area contributed by atoms with Gasteiger partial charge in [0, 0.05) is 12.4 Å². The lowest BCUT2D eigenvalue weighted by Gasteiger charge is -2.09. The van der Waals surface area contributed by atoms with E-state index in [1.165, 1.54) is 11.1 Å². The summed E-state index contributed by atoms with van der Waals surface area (Å²) in [4.78, 5) is 0. The lowest BCUT2D eigenvalue weighted by Crippen LogP contribution is -1.93. The maximum atomic E-state index is 5.94. The molecular formula is C14H17BrN2O. The van der Waals surface area contributed by atoms with E-state index in [4.69, 9.17) is 4.74 Å². The van der Waals surface area contributed by atoms with Crippen molar-refractivity contribution < 1.29 is 4.74 Å². The van der Waals surface area contributed by atoms with Gasteiger partial charge in [-0.15, -0.1) is 0 Å². The molecule has 4 heteroatoms. The van der Waals surface area contributed by atoms with Gasteiger partial charge in [0.15, 0.2) is 5.75 Å². The molecule has 0 N–H and O–H groups in total. The minimum Gasteiger partial charge on any atom is -0.453 e. The first-order valence-corrected chi connectivity index (χ1v) is 6.98. The largest absolute Gasteiger partial charge is 0.453 e. The first-order chi connectivity index (χ1) is 8.52. The number of rotatable bonds is 3. The Labute approximate surface area is 116 Å². The first kappa shape index (κ1) is 13.1. The van der Waals surface area contributed by atoms with E-state index in [2.05, 4.69) is 40.1 Å². The summed E-state index contributed by atoms with van der Waals surface area (Å²) in [5.41, 5.74) is 4.46. The van der Waals surface area contributed by atoms with Gasteiger partial charge in [-0.1, -0.05) is 22.0 Å². The number of halogens is 1. The van der Waals surface area contributed by atoms with Gasteiger partial charge < -0.3 is 4.74 Å². The number of nitrogens with zero attached hydrogens (tertiary/aromatic N) is 2. The summed E-state index contributed by atoms with van der Waals surface area (Å²) in [5.74, 6) is 1.71. The molecule has 0 fully saturated rings. The standard InChI is InChI=1S/C14H17BrN2O/c1-9-7-13(6-5-12(9)8-15)18-14-10(2)16-17(4)11(14)3/h5-7H,8H2,1-4H3. The molecular weight excluding hydrogens is 292 g/mol. The molecule has 0 aliphatic rings. The van der Waals surface area contributed by atoms with Crippen molar-refractivity contribution in [3.63, 3.8) is 0 Å². The van der Waals surface area contributed by atoms with Crippen LogP contribution in [-0.2, 0) is 12.4 Å². The van der Waals surface area contributed by atoms with E-state index in [-0.39, 0.29) is 0 Å². The fourth-order valence-corrected chi connectivity index (χ4v) is 2.53. The van der Waals surface area contributed by atoms with E-state index >= 15 is 0 Å². The van der Waals surface area contributed by atoms with Gasteiger partial charge in [-0.2, -0.15) is 5.10 Å². The van der Waals surface area contributed by atoms with E-state index in [0.29, 0.717) is 0 Å². The van der Waals surface area contributed by atoms with Crippen LogP contribution >= 0.6 is 15.9 Å². The van der Waals surface area contributed by atoms with Crippen molar-refractivity contribution >= 4 is 15.9 Å². The lowest BCUT2D eigenvalue weighted by atomic mass is 10.1. The van der Waals surface area contributed by atoms with E-state index in [1.54, 1.807) is 0 Å². The van der Waals surface area contributed by atoms with Crippen molar-refractivity contribution in [2.24, 2.45) is 7.05 Å². The Morgan fingerprint density at radius 2 is 2.00 bits per heavy atom. The second-order valence-electron chi connectivity index (χ2n) is 4.45. The van der Waals surface area contributed by atoms with Gasteiger partial charge in [0.2, 0.25) is 0 Å². The Kier molecular flexibility index (Phi) is 3.76. The highest BCUT2D eigenvalue weighted by Crippen LogP contribution is 2.29. The second kappa shape index (κ2) is 5.14. The molecule has 96 valence electrons. The van der Waals surface area contributed by atoms with Gasteiger partial charge in [-0.3, -0.25) is 4.68 Å². The van der Waals surface area contributed by atoms with Crippen molar-refractivity contribution in [3.05, 3.63) is 40.7 Å². The zero-order valence-electron chi connectivity index (χ0n) is 11.1. The molecule has 0 saturated carbocycles.